The predicted octanol–water partition coefficient (Wildman–Crippen LogP) is 7.93. The van der Waals surface area contributed by atoms with E-state index in [1.807, 2.05) is 25.1 Å². The Kier molecular flexibility index (Phi) is 9.69. The summed E-state index contributed by atoms with van der Waals surface area (Å²) in [7, 11) is 0. The van der Waals surface area contributed by atoms with Crippen LogP contribution >= 0.6 is 0 Å². The van der Waals surface area contributed by atoms with E-state index in [1.165, 1.54) is 0 Å². The Bertz CT molecular complexity index is 985. The van der Waals surface area contributed by atoms with Gasteiger partial charge in [0.15, 0.2) is 0 Å². The average molecular weight is 497 g/mol. The first-order valence-corrected chi connectivity index (χ1v) is 13.7. The fraction of sp³-hybridized carbons (Fsp3) is 0.581. The van der Waals surface area contributed by atoms with E-state index in [2.05, 4.69) is 13.8 Å². The number of unbranched alkanes of at least 4 members (excludes halogenated alkanes) is 6. The average Bonchev–Trinajstić information content (AvgIpc) is 2.85. The normalized spacial score (nSPS) is 20.8. The molecule has 0 fully saturated rings. The molecule has 1 unspecified atom stereocenters. The molecule has 0 radical (unpaired) electrons. The van der Waals surface area contributed by atoms with E-state index >= 15 is 0 Å². The number of ether oxygens (including phenoxy) is 1. The van der Waals surface area contributed by atoms with Crippen molar-refractivity contribution < 1.29 is 24.9 Å². The van der Waals surface area contributed by atoms with Gasteiger partial charge in [0, 0.05) is 17.4 Å². The van der Waals surface area contributed by atoms with Crippen LogP contribution in [0.2, 0.25) is 0 Å². The summed E-state index contributed by atoms with van der Waals surface area (Å²) in [5.41, 5.74) is 1.47. The molecule has 5 nitrogen and oxygen atoms in total. The van der Waals surface area contributed by atoms with Crippen molar-refractivity contribution in [2.75, 3.05) is 6.61 Å². The van der Waals surface area contributed by atoms with Gasteiger partial charge in [-0.25, -0.2) is 0 Å². The molecule has 3 atom stereocenters. The maximum absolute atomic E-state index is 11.7. The number of hydrogen-bond donors (Lipinski definition) is 3. The van der Waals surface area contributed by atoms with Crippen molar-refractivity contribution in [2.24, 2.45) is 5.41 Å². The third-order valence-corrected chi connectivity index (χ3v) is 8.27. The third-order valence-electron chi connectivity index (χ3n) is 8.27. The molecular weight excluding hydrogens is 452 g/mol. The molecule has 0 aromatic heterocycles. The van der Waals surface area contributed by atoms with Crippen LogP contribution in [-0.2, 0) is 10.2 Å². The van der Waals surface area contributed by atoms with Gasteiger partial charge in [-0.3, -0.25) is 4.79 Å². The second-order valence-corrected chi connectivity index (χ2v) is 11.2. The molecule has 0 amide bonds. The standard InChI is InChI=1S/C31H44O5/c1-4-5-19-30(2,29(34)35)20-11-9-7-6-8-10-12-27-26-18-17-25(33)21-28(26)36-22-31(27,3)23-13-15-24(32)16-14-23/h13-18,21,27,32-33H,4-12,19-20,22H2,1-3H3,(H,34,35)/t27-,30?,31-/m1/s1. The number of fused-ring (bicyclic) bond motifs is 1. The van der Waals surface area contributed by atoms with Crippen molar-refractivity contribution in [3.8, 4) is 17.2 Å². The number of benzene rings is 2. The molecule has 1 aliphatic heterocycles. The molecule has 0 spiro atoms. The molecule has 0 aliphatic carbocycles. The number of carboxylic acid groups (broad SMARTS) is 1. The van der Waals surface area contributed by atoms with Gasteiger partial charge in [-0.15, -0.1) is 0 Å². The van der Waals surface area contributed by atoms with Crippen LogP contribution in [0.4, 0.5) is 0 Å². The van der Waals surface area contributed by atoms with E-state index in [0.717, 1.165) is 87.5 Å². The highest BCUT2D eigenvalue weighted by Gasteiger charge is 2.42. The van der Waals surface area contributed by atoms with Crippen molar-refractivity contribution in [1.82, 2.24) is 0 Å². The van der Waals surface area contributed by atoms with Crippen molar-refractivity contribution in [3.63, 3.8) is 0 Å². The molecule has 1 aliphatic rings. The van der Waals surface area contributed by atoms with E-state index in [1.54, 1.807) is 24.3 Å². The number of hydrogen-bond acceptors (Lipinski definition) is 4. The van der Waals surface area contributed by atoms with Crippen LogP contribution < -0.4 is 4.74 Å². The zero-order valence-corrected chi connectivity index (χ0v) is 22.3. The zero-order chi connectivity index (χ0) is 26.2. The Balaban J connectivity index is 1.54. The SMILES string of the molecule is CCCCC(C)(CCCCCCCC[C@@H]1c2ccc(O)cc2OC[C@]1(C)c1ccc(O)cc1)C(=O)O. The predicted molar refractivity (Wildman–Crippen MR) is 144 cm³/mol. The van der Waals surface area contributed by atoms with Crippen LogP contribution in [0, 0.1) is 5.41 Å². The lowest BCUT2D eigenvalue weighted by Gasteiger charge is -2.43. The molecule has 2 aromatic carbocycles. The summed E-state index contributed by atoms with van der Waals surface area (Å²) in [5, 5.41) is 29.4. The van der Waals surface area contributed by atoms with Crippen molar-refractivity contribution in [2.45, 2.75) is 103 Å². The molecular formula is C31H44O5. The fourth-order valence-electron chi connectivity index (χ4n) is 5.68. The largest absolute Gasteiger partial charge is 0.508 e. The van der Waals surface area contributed by atoms with Gasteiger partial charge in [0.25, 0.3) is 0 Å². The second-order valence-electron chi connectivity index (χ2n) is 11.2. The van der Waals surface area contributed by atoms with Gasteiger partial charge in [0.2, 0.25) is 0 Å². The van der Waals surface area contributed by atoms with Crippen LogP contribution in [0.25, 0.3) is 0 Å². The number of aliphatic carboxylic acids is 1. The topological polar surface area (TPSA) is 87.0 Å². The number of aromatic hydroxyl groups is 2. The van der Waals surface area contributed by atoms with Crippen LogP contribution in [0.1, 0.15) is 108 Å². The van der Waals surface area contributed by atoms with Gasteiger partial charge in [-0.1, -0.05) is 83.4 Å². The van der Waals surface area contributed by atoms with E-state index in [0.29, 0.717) is 6.61 Å². The minimum Gasteiger partial charge on any atom is -0.508 e. The first-order valence-electron chi connectivity index (χ1n) is 13.7. The monoisotopic (exact) mass is 496 g/mol. The molecule has 0 bridgehead atoms. The summed E-state index contributed by atoms with van der Waals surface area (Å²) in [5.74, 6) is 0.837. The molecule has 198 valence electrons. The molecule has 5 heteroatoms. The summed E-state index contributed by atoms with van der Waals surface area (Å²) in [6.07, 6.45) is 11.1. The first kappa shape index (κ1) is 27.9. The number of rotatable bonds is 14. The molecule has 2 aromatic rings. The van der Waals surface area contributed by atoms with Crippen LogP contribution in [0.3, 0.4) is 0 Å². The quantitative estimate of drug-likeness (QED) is 0.231. The molecule has 0 saturated heterocycles. The van der Waals surface area contributed by atoms with E-state index in [4.69, 9.17) is 4.74 Å². The van der Waals surface area contributed by atoms with Gasteiger partial charge in [-0.05, 0) is 55.5 Å². The number of phenols is 2. The Morgan fingerprint density at radius 2 is 1.56 bits per heavy atom. The van der Waals surface area contributed by atoms with Crippen molar-refractivity contribution >= 4 is 5.97 Å². The lowest BCUT2D eigenvalue weighted by atomic mass is 9.66. The van der Waals surface area contributed by atoms with Gasteiger partial charge in [0.05, 0.1) is 12.0 Å². The lowest BCUT2D eigenvalue weighted by molar-refractivity contribution is -0.149. The second kappa shape index (κ2) is 12.5. The Morgan fingerprint density at radius 1 is 0.944 bits per heavy atom. The summed E-state index contributed by atoms with van der Waals surface area (Å²) >= 11 is 0. The molecule has 0 saturated carbocycles. The molecule has 3 N–H and O–H groups in total. The molecule has 1 heterocycles. The van der Waals surface area contributed by atoms with Gasteiger partial charge >= 0.3 is 5.97 Å². The highest BCUT2D eigenvalue weighted by molar-refractivity contribution is 5.74. The number of carboxylic acids is 1. The van der Waals surface area contributed by atoms with E-state index in [-0.39, 0.29) is 22.8 Å². The Morgan fingerprint density at radius 3 is 2.22 bits per heavy atom. The van der Waals surface area contributed by atoms with Crippen molar-refractivity contribution in [3.05, 3.63) is 53.6 Å². The van der Waals surface area contributed by atoms with E-state index < -0.39 is 11.4 Å². The Hall–Kier alpha value is -2.69. The first-order chi connectivity index (χ1) is 17.2. The molecule has 36 heavy (non-hydrogen) atoms. The Labute approximate surface area is 216 Å². The third kappa shape index (κ3) is 6.74. The maximum atomic E-state index is 11.7. The highest BCUT2D eigenvalue weighted by atomic mass is 16.5. The van der Waals surface area contributed by atoms with Crippen LogP contribution in [-0.4, -0.2) is 27.9 Å². The fourth-order valence-corrected chi connectivity index (χ4v) is 5.68. The zero-order valence-electron chi connectivity index (χ0n) is 22.3. The summed E-state index contributed by atoms with van der Waals surface area (Å²) < 4.78 is 6.11. The van der Waals surface area contributed by atoms with E-state index in [9.17, 15) is 20.1 Å². The minimum atomic E-state index is -0.655. The summed E-state index contributed by atoms with van der Waals surface area (Å²) in [6, 6.07) is 12.9. The minimum absolute atomic E-state index is 0.217. The molecule has 3 rings (SSSR count). The van der Waals surface area contributed by atoms with Gasteiger partial charge in [0.1, 0.15) is 17.2 Å². The smallest absolute Gasteiger partial charge is 0.309 e. The summed E-state index contributed by atoms with van der Waals surface area (Å²) in [4.78, 5) is 11.7. The van der Waals surface area contributed by atoms with Gasteiger partial charge < -0.3 is 20.1 Å². The van der Waals surface area contributed by atoms with Crippen LogP contribution in [0.15, 0.2) is 42.5 Å². The lowest BCUT2D eigenvalue weighted by Crippen LogP contribution is -2.40. The maximum Gasteiger partial charge on any atom is 0.309 e. The van der Waals surface area contributed by atoms with Gasteiger partial charge in [-0.2, -0.15) is 0 Å². The summed E-state index contributed by atoms with van der Waals surface area (Å²) in [6.45, 7) is 6.77. The van der Waals surface area contributed by atoms with Crippen LogP contribution in [0.5, 0.6) is 17.2 Å². The number of phenolic OH excluding ortho intramolecular Hbond substituents is 2. The number of carbonyl (C=O) groups is 1. The highest BCUT2D eigenvalue weighted by Crippen LogP contribution is 2.49. The van der Waals surface area contributed by atoms with Crippen molar-refractivity contribution in [1.29, 1.82) is 0 Å².